The van der Waals surface area contributed by atoms with Crippen LogP contribution < -0.4 is 11.1 Å². The van der Waals surface area contributed by atoms with Crippen molar-refractivity contribution in [2.75, 3.05) is 37.7 Å². The number of fused-ring (bicyclic) bond motifs is 3. The molecule has 0 radical (unpaired) electrons. The van der Waals surface area contributed by atoms with Crippen molar-refractivity contribution in [1.29, 1.82) is 0 Å². The second-order valence-corrected chi connectivity index (χ2v) is 9.00. The van der Waals surface area contributed by atoms with Gasteiger partial charge in [-0.25, -0.2) is 9.97 Å². The lowest BCUT2D eigenvalue weighted by atomic mass is 9.87. The highest BCUT2D eigenvalue weighted by molar-refractivity contribution is 7.99. The molecule has 1 atom stereocenters. The molecule has 148 valence electrons. The lowest BCUT2D eigenvalue weighted by Gasteiger charge is -2.18. The Morgan fingerprint density at radius 2 is 2.15 bits per heavy atom. The van der Waals surface area contributed by atoms with Gasteiger partial charge in [-0.3, -0.25) is 4.79 Å². The summed E-state index contributed by atoms with van der Waals surface area (Å²) in [6.07, 6.45) is 3.53. The Labute approximate surface area is 169 Å². The molecule has 0 bridgehead atoms. The van der Waals surface area contributed by atoms with Gasteiger partial charge in [-0.2, -0.15) is 0 Å². The average molecular weight is 408 g/mol. The molecule has 0 aromatic carbocycles. The van der Waals surface area contributed by atoms with Crippen LogP contribution in [0.3, 0.4) is 0 Å². The van der Waals surface area contributed by atoms with Crippen molar-refractivity contribution in [1.82, 2.24) is 20.2 Å². The number of carbonyl (C=O) groups excluding carboxylic acids is 1. The van der Waals surface area contributed by atoms with Gasteiger partial charge in [0.1, 0.15) is 10.6 Å². The highest BCUT2D eigenvalue weighted by Gasteiger charge is 2.25. The number of amides is 1. The average Bonchev–Trinajstić information content (AvgIpc) is 3.04. The normalized spacial score (nSPS) is 16.7. The minimum atomic E-state index is 0.00789. The van der Waals surface area contributed by atoms with Crippen molar-refractivity contribution in [3.8, 4) is 0 Å². The molecular weight excluding hydrogens is 378 g/mol. The number of aromatic nitrogens is 2. The van der Waals surface area contributed by atoms with Gasteiger partial charge in [-0.15, -0.1) is 11.3 Å². The fraction of sp³-hybridized carbons (Fsp3) is 0.632. The molecule has 8 heteroatoms. The van der Waals surface area contributed by atoms with Crippen LogP contribution in [0.4, 0.5) is 5.82 Å². The summed E-state index contributed by atoms with van der Waals surface area (Å²) in [4.78, 5) is 25.9. The Kier molecular flexibility index (Phi) is 6.94. The van der Waals surface area contributed by atoms with Gasteiger partial charge in [0, 0.05) is 18.0 Å². The highest BCUT2D eigenvalue weighted by atomic mass is 32.2. The van der Waals surface area contributed by atoms with Crippen molar-refractivity contribution in [3.63, 3.8) is 0 Å². The van der Waals surface area contributed by atoms with E-state index in [9.17, 15) is 4.79 Å². The van der Waals surface area contributed by atoms with Gasteiger partial charge in [-0.1, -0.05) is 32.5 Å². The van der Waals surface area contributed by atoms with E-state index in [1.807, 2.05) is 0 Å². The maximum Gasteiger partial charge on any atom is 0.230 e. The molecule has 2 heterocycles. The molecule has 0 fully saturated rings. The fourth-order valence-electron chi connectivity index (χ4n) is 3.63. The zero-order valence-corrected chi connectivity index (χ0v) is 18.0. The summed E-state index contributed by atoms with van der Waals surface area (Å²) in [5, 5.41) is 4.59. The van der Waals surface area contributed by atoms with Gasteiger partial charge < -0.3 is 16.0 Å². The Bertz CT molecular complexity index is 803. The maximum absolute atomic E-state index is 12.1. The first-order valence-corrected chi connectivity index (χ1v) is 11.5. The first kappa shape index (κ1) is 20.4. The molecule has 1 unspecified atom stereocenters. The van der Waals surface area contributed by atoms with Crippen LogP contribution in [0.25, 0.3) is 10.2 Å². The molecule has 0 saturated carbocycles. The summed E-state index contributed by atoms with van der Waals surface area (Å²) in [7, 11) is 0. The minimum absolute atomic E-state index is 0.00789. The molecule has 0 spiro atoms. The highest BCUT2D eigenvalue weighted by Crippen LogP contribution is 2.43. The molecule has 0 saturated heterocycles. The monoisotopic (exact) mass is 407 g/mol. The van der Waals surface area contributed by atoms with Crippen molar-refractivity contribution < 1.29 is 4.79 Å². The number of nitrogens with two attached hydrogens (primary N) is 1. The Balaban J connectivity index is 1.62. The molecule has 1 amide bonds. The largest absolute Gasteiger partial charge is 0.383 e. The number of aryl methyl sites for hydroxylation is 1. The topological polar surface area (TPSA) is 84.1 Å². The number of carbonyl (C=O) groups is 1. The molecule has 3 rings (SSSR count). The lowest BCUT2D eigenvalue weighted by molar-refractivity contribution is -0.118. The Morgan fingerprint density at radius 1 is 1.37 bits per heavy atom. The van der Waals surface area contributed by atoms with E-state index in [0.29, 0.717) is 29.2 Å². The summed E-state index contributed by atoms with van der Waals surface area (Å²) in [5.41, 5.74) is 7.63. The minimum Gasteiger partial charge on any atom is -0.383 e. The zero-order valence-electron chi connectivity index (χ0n) is 16.4. The number of rotatable bonds is 8. The molecule has 1 aliphatic carbocycles. The molecule has 2 aromatic heterocycles. The van der Waals surface area contributed by atoms with Crippen molar-refractivity contribution in [3.05, 3.63) is 10.4 Å². The zero-order chi connectivity index (χ0) is 19.4. The van der Waals surface area contributed by atoms with Crippen LogP contribution in [-0.2, 0) is 11.2 Å². The van der Waals surface area contributed by atoms with Gasteiger partial charge >= 0.3 is 0 Å². The number of nitrogens with one attached hydrogen (secondary N) is 1. The van der Waals surface area contributed by atoms with E-state index < -0.39 is 0 Å². The van der Waals surface area contributed by atoms with Crippen LogP contribution in [0.15, 0.2) is 5.16 Å². The predicted octanol–water partition coefficient (Wildman–Crippen LogP) is 3.26. The first-order chi connectivity index (χ1) is 13.0. The van der Waals surface area contributed by atoms with Crippen LogP contribution in [0, 0.1) is 0 Å². The van der Waals surface area contributed by atoms with Gasteiger partial charge in [0.05, 0.1) is 11.1 Å². The second kappa shape index (κ2) is 9.21. The van der Waals surface area contributed by atoms with Gasteiger partial charge in [0.2, 0.25) is 5.91 Å². The number of hydrogen-bond donors (Lipinski definition) is 2. The standard InChI is InChI=1S/C19H29N5OS2/c1-4-24(5-2)10-9-21-14(25)11-26-19-22-17(20)16-15-12(3)7-6-8-13(15)27-18(16)23-19/h12H,4-11H2,1-3H3,(H,21,25)(H2,20,22,23). The molecule has 27 heavy (non-hydrogen) atoms. The van der Waals surface area contributed by atoms with E-state index in [4.69, 9.17) is 5.73 Å². The number of hydrogen-bond acceptors (Lipinski definition) is 7. The van der Waals surface area contributed by atoms with Gasteiger partial charge in [0.15, 0.2) is 5.16 Å². The van der Waals surface area contributed by atoms with Crippen molar-refractivity contribution in [2.24, 2.45) is 0 Å². The first-order valence-electron chi connectivity index (χ1n) is 9.74. The molecule has 6 nitrogen and oxygen atoms in total. The van der Waals surface area contributed by atoms with E-state index in [1.54, 1.807) is 11.3 Å². The van der Waals surface area contributed by atoms with Crippen LogP contribution in [0.5, 0.6) is 0 Å². The summed E-state index contributed by atoms with van der Waals surface area (Å²) >= 11 is 3.09. The summed E-state index contributed by atoms with van der Waals surface area (Å²) in [6.45, 7) is 10.0. The van der Waals surface area contributed by atoms with E-state index in [1.165, 1.54) is 35.0 Å². The van der Waals surface area contributed by atoms with Crippen LogP contribution >= 0.6 is 23.1 Å². The van der Waals surface area contributed by atoms with Gasteiger partial charge in [0.25, 0.3) is 0 Å². The fourth-order valence-corrected chi connectivity index (χ4v) is 5.71. The Hall–Kier alpha value is -1.38. The number of likely N-dealkylation sites (N-methyl/N-ethyl adjacent to an activating group) is 1. The predicted molar refractivity (Wildman–Crippen MR) is 115 cm³/mol. The maximum atomic E-state index is 12.1. The second-order valence-electron chi connectivity index (χ2n) is 6.97. The van der Waals surface area contributed by atoms with E-state index in [2.05, 4.69) is 41.0 Å². The number of nitrogens with zero attached hydrogens (tertiary/aromatic N) is 3. The van der Waals surface area contributed by atoms with Crippen LogP contribution in [0.2, 0.25) is 0 Å². The van der Waals surface area contributed by atoms with Gasteiger partial charge in [-0.05, 0) is 43.8 Å². The third-order valence-corrected chi connectivity index (χ3v) is 7.19. The molecule has 3 N–H and O–H groups in total. The third kappa shape index (κ3) is 4.73. The van der Waals surface area contributed by atoms with E-state index >= 15 is 0 Å². The summed E-state index contributed by atoms with van der Waals surface area (Å²) in [5.74, 6) is 1.39. The molecular formula is C19H29N5OS2. The smallest absolute Gasteiger partial charge is 0.230 e. The van der Waals surface area contributed by atoms with Crippen molar-refractivity contribution in [2.45, 2.75) is 51.1 Å². The molecule has 2 aromatic rings. The summed E-state index contributed by atoms with van der Waals surface area (Å²) < 4.78 is 0. The Morgan fingerprint density at radius 3 is 2.89 bits per heavy atom. The van der Waals surface area contributed by atoms with Crippen LogP contribution in [-0.4, -0.2) is 52.7 Å². The third-order valence-electron chi connectivity index (χ3n) is 5.18. The number of anilines is 1. The number of thioether (sulfide) groups is 1. The van der Waals surface area contributed by atoms with Crippen molar-refractivity contribution >= 4 is 45.0 Å². The number of nitrogen functional groups attached to an aromatic ring is 1. The van der Waals surface area contributed by atoms with Crippen LogP contribution in [0.1, 0.15) is 50.0 Å². The SMILES string of the molecule is CCN(CC)CCNC(=O)CSc1nc(N)c2c3c(sc2n1)CCCC3C. The molecule has 1 aliphatic rings. The number of thiophene rings is 1. The summed E-state index contributed by atoms with van der Waals surface area (Å²) in [6, 6.07) is 0. The van der Waals surface area contributed by atoms with E-state index in [-0.39, 0.29) is 5.91 Å². The lowest BCUT2D eigenvalue weighted by Crippen LogP contribution is -2.35. The van der Waals surface area contributed by atoms with E-state index in [0.717, 1.165) is 36.3 Å². The molecule has 0 aliphatic heterocycles. The quantitative estimate of drug-likeness (QED) is 0.516.